The molecule has 0 bridgehead atoms. The number of rotatable bonds is 6. The fourth-order valence-electron chi connectivity index (χ4n) is 2.68. The molecular formula is C17H24Cl2N4O2. The van der Waals surface area contributed by atoms with E-state index in [-0.39, 0.29) is 36.8 Å². The topological polar surface area (TPSA) is 68.2 Å². The van der Waals surface area contributed by atoms with Crippen LogP contribution in [0.4, 0.5) is 0 Å². The van der Waals surface area contributed by atoms with Crippen LogP contribution in [0.15, 0.2) is 43.0 Å². The minimum atomic E-state index is 0. The van der Waals surface area contributed by atoms with Gasteiger partial charge in [-0.2, -0.15) is 0 Å². The lowest BCUT2D eigenvalue weighted by Crippen LogP contribution is -2.44. The van der Waals surface area contributed by atoms with E-state index in [0.717, 1.165) is 25.3 Å². The summed E-state index contributed by atoms with van der Waals surface area (Å²) in [6.07, 6.45) is 5.96. The van der Waals surface area contributed by atoms with Crippen LogP contribution in [0.1, 0.15) is 17.5 Å². The normalized spacial score (nSPS) is 16.4. The van der Waals surface area contributed by atoms with Crippen LogP contribution in [0.2, 0.25) is 0 Å². The van der Waals surface area contributed by atoms with Gasteiger partial charge in [-0.05, 0) is 11.1 Å². The Labute approximate surface area is 160 Å². The van der Waals surface area contributed by atoms with Crippen molar-refractivity contribution in [2.24, 2.45) is 0 Å². The van der Waals surface area contributed by atoms with E-state index in [9.17, 15) is 4.79 Å². The van der Waals surface area contributed by atoms with Crippen molar-refractivity contribution in [3.8, 4) is 0 Å². The number of aromatic nitrogens is 2. The summed E-state index contributed by atoms with van der Waals surface area (Å²) in [7, 11) is 0. The van der Waals surface area contributed by atoms with E-state index in [1.54, 1.807) is 12.5 Å². The van der Waals surface area contributed by atoms with Gasteiger partial charge in [-0.25, -0.2) is 4.98 Å². The van der Waals surface area contributed by atoms with Crippen molar-refractivity contribution in [1.82, 2.24) is 20.2 Å². The summed E-state index contributed by atoms with van der Waals surface area (Å²) >= 11 is 0. The standard InChI is InChI=1S/C17H22N4O2.2ClH/c22-17(9-16-12-23-7-5-19-16)20-10-14-2-1-3-15(8-14)11-21-6-4-18-13-21;;/h1-4,6,8,13,16,19H,5,7,9-12H2,(H,20,22);2*1H. The van der Waals surface area contributed by atoms with Gasteiger partial charge in [-0.1, -0.05) is 24.3 Å². The molecule has 25 heavy (non-hydrogen) atoms. The molecule has 1 saturated heterocycles. The number of carbonyl (C=O) groups excluding carboxylic acids is 1. The first-order valence-electron chi connectivity index (χ1n) is 7.91. The summed E-state index contributed by atoms with van der Waals surface area (Å²) in [6.45, 7) is 3.47. The predicted octanol–water partition coefficient (Wildman–Crippen LogP) is 1.77. The zero-order valence-electron chi connectivity index (χ0n) is 13.9. The molecule has 0 aliphatic carbocycles. The van der Waals surface area contributed by atoms with Crippen molar-refractivity contribution in [2.45, 2.75) is 25.6 Å². The Bertz CT molecular complexity index is 631. The number of nitrogens with one attached hydrogen (secondary N) is 2. The number of carbonyl (C=O) groups is 1. The second kappa shape index (κ2) is 11.1. The Morgan fingerprint density at radius 1 is 1.36 bits per heavy atom. The fraction of sp³-hybridized carbons (Fsp3) is 0.412. The second-order valence-corrected chi connectivity index (χ2v) is 5.76. The van der Waals surface area contributed by atoms with Gasteiger partial charge < -0.3 is 19.9 Å². The van der Waals surface area contributed by atoms with Crippen LogP contribution in [0.3, 0.4) is 0 Å². The van der Waals surface area contributed by atoms with Gasteiger partial charge in [0.2, 0.25) is 5.91 Å². The number of hydrogen-bond donors (Lipinski definition) is 2. The highest BCUT2D eigenvalue weighted by molar-refractivity contribution is 5.85. The van der Waals surface area contributed by atoms with Crippen LogP contribution in [-0.2, 0) is 22.6 Å². The molecule has 1 aromatic carbocycles. The molecule has 1 aliphatic rings. The van der Waals surface area contributed by atoms with Crippen molar-refractivity contribution in [3.63, 3.8) is 0 Å². The van der Waals surface area contributed by atoms with Gasteiger partial charge in [0.1, 0.15) is 0 Å². The van der Waals surface area contributed by atoms with E-state index in [1.165, 1.54) is 5.56 Å². The number of halogens is 2. The molecule has 2 N–H and O–H groups in total. The molecule has 1 aliphatic heterocycles. The van der Waals surface area contributed by atoms with Gasteiger partial charge in [-0.3, -0.25) is 4.79 Å². The van der Waals surface area contributed by atoms with Crippen molar-refractivity contribution in [3.05, 3.63) is 54.1 Å². The molecule has 1 fully saturated rings. The molecule has 0 saturated carbocycles. The highest BCUT2D eigenvalue weighted by Crippen LogP contribution is 2.07. The lowest BCUT2D eigenvalue weighted by Gasteiger charge is -2.23. The summed E-state index contributed by atoms with van der Waals surface area (Å²) in [5.41, 5.74) is 2.29. The summed E-state index contributed by atoms with van der Waals surface area (Å²) in [5, 5.41) is 6.27. The Morgan fingerprint density at radius 2 is 2.20 bits per heavy atom. The number of benzene rings is 1. The Hall–Kier alpha value is -1.60. The van der Waals surface area contributed by atoms with Gasteiger partial charge in [0.15, 0.2) is 0 Å². The first-order chi connectivity index (χ1) is 11.3. The van der Waals surface area contributed by atoms with E-state index in [1.807, 2.05) is 22.9 Å². The fourth-order valence-corrected chi connectivity index (χ4v) is 2.68. The summed E-state index contributed by atoms with van der Waals surface area (Å²) in [4.78, 5) is 16.1. The maximum Gasteiger partial charge on any atom is 0.221 e. The van der Waals surface area contributed by atoms with E-state index >= 15 is 0 Å². The molecule has 0 spiro atoms. The minimum absolute atomic E-state index is 0. The lowest BCUT2D eigenvalue weighted by molar-refractivity contribution is -0.122. The molecule has 6 nitrogen and oxygen atoms in total. The summed E-state index contributed by atoms with van der Waals surface area (Å²) in [5.74, 6) is 0.0491. The highest BCUT2D eigenvalue weighted by Gasteiger charge is 2.16. The number of hydrogen-bond acceptors (Lipinski definition) is 4. The number of imidazole rings is 1. The average molecular weight is 387 g/mol. The molecule has 3 rings (SSSR count). The van der Waals surface area contributed by atoms with Crippen molar-refractivity contribution in [2.75, 3.05) is 19.8 Å². The van der Waals surface area contributed by atoms with Crippen LogP contribution in [0.25, 0.3) is 0 Å². The maximum absolute atomic E-state index is 12.0. The summed E-state index contributed by atoms with van der Waals surface area (Å²) < 4.78 is 7.38. The van der Waals surface area contributed by atoms with Gasteiger partial charge in [0.25, 0.3) is 0 Å². The van der Waals surface area contributed by atoms with Crippen LogP contribution in [0, 0.1) is 0 Å². The Balaban J connectivity index is 0.00000156. The molecule has 1 aromatic heterocycles. The smallest absolute Gasteiger partial charge is 0.221 e. The van der Waals surface area contributed by atoms with Gasteiger partial charge in [0.05, 0.1) is 19.5 Å². The maximum atomic E-state index is 12.0. The second-order valence-electron chi connectivity index (χ2n) is 5.76. The molecule has 8 heteroatoms. The third-order valence-electron chi connectivity index (χ3n) is 3.84. The van der Waals surface area contributed by atoms with E-state index in [4.69, 9.17) is 4.74 Å². The molecule has 1 atom stereocenters. The first-order valence-corrected chi connectivity index (χ1v) is 7.91. The molecule has 1 unspecified atom stereocenters. The largest absolute Gasteiger partial charge is 0.378 e. The molecule has 2 aromatic rings. The predicted molar refractivity (Wildman–Crippen MR) is 101 cm³/mol. The highest BCUT2D eigenvalue weighted by atomic mass is 35.5. The van der Waals surface area contributed by atoms with Crippen LogP contribution in [0.5, 0.6) is 0 Å². The summed E-state index contributed by atoms with van der Waals surface area (Å²) in [6, 6.07) is 8.36. The number of ether oxygens (including phenoxy) is 1. The molecular weight excluding hydrogens is 363 g/mol. The Morgan fingerprint density at radius 3 is 2.92 bits per heavy atom. The van der Waals surface area contributed by atoms with Crippen molar-refractivity contribution >= 4 is 30.7 Å². The molecule has 2 heterocycles. The SMILES string of the molecule is Cl.Cl.O=C(CC1COCCN1)NCc1cccc(Cn2ccnc2)c1. The monoisotopic (exact) mass is 386 g/mol. The number of amides is 1. The van der Waals surface area contributed by atoms with E-state index < -0.39 is 0 Å². The molecule has 1 amide bonds. The van der Waals surface area contributed by atoms with Crippen LogP contribution in [-0.4, -0.2) is 41.3 Å². The van der Waals surface area contributed by atoms with Crippen molar-refractivity contribution in [1.29, 1.82) is 0 Å². The third-order valence-corrected chi connectivity index (χ3v) is 3.84. The zero-order chi connectivity index (χ0) is 15.9. The third kappa shape index (κ3) is 7.04. The van der Waals surface area contributed by atoms with Gasteiger partial charge >= 0.3 is 0 Å². The average Bonchev–Trinajstić information content (AvgIpc) is 3.07. The lowest BCUT2D eigenvalue weighted by atomic mass is 10.1. The molecule has 138 valence electrons. The van der Waals surface area contributed by atoms with Gasteiger partial charge in [0, 0.05) is 44.5 Å². The zero-order valence-corrected chi connectivity index (χ0v) is 15.5. The first kappa shape index (κ1) is 21.4. The van der Waals surface area contributed by atoms with E-state index in [2.05, 4.69) is 27.8 Å². The quantitative estimate of drug-likeness (QED) is 0.793. The van der Waals surface area contributed by atoms with Gasteiger partial charge in [-0.15, -0.1) is 24.8 Å². The molecule has 0 radical (unpaired) electrons. The van der Waals surface area contributed by atoms with Crippen LogP contribution < -0.4 is 10.6 Å². The van der Waals surface area contributed by atoms with Crippen LogP contribution >= 0.6 is 24.8 Å². The number of nitrogens with zero attached hydrogens (tertiary/aromatic N) is 2. The van der Waals surface area contributed by atoms with E-state index in [0.29, 0.717) is 19.6 Å². The number of morpholine rings is 1. The Kier molecular flexibility index (Phi) is 9.52. The van der Waals surface area contributed by atoms with Crippen molar-refractivity contribution < 1.29 is 9.53 Å². The minimum Gasteiger partial charge on any atom is -0.378 e.